The van der Waals surface area contributed by atoms with Crippen molar-refractivity contribution in [3.63, 3.8) is 0 Å². The van der Waals surface area contributed by atoms with Gasteiger partial charge in [0.2, 0.25) is 11.8 Å². The molecule has 2 aromatic carbocycles. The smallest absolute Gasteiger partial charge is 0.317 e. The molecule has 2 N–H and O–H groups in total. The molecule has 226 valence electrons. The molecule has 0 saturated carbocycles. The van der Waals surface area contributed by atoms with Gasteiger partial charge in [-0.3, -0.25) is 29.4 Å². The Morgan fingerprint density at radius 3 is 2.44 bits per heavy atom. The number of piperidine rings is 2. The lowest BCUT2D eigenvalue weighted by molar-refractivity contribution is -0.136. The summed E-state index contributed by atoms with van der Waals surface area (Å²) >= 11 is 0. The first-order valence-corrected chi connectivity index (χ1v) is 15.2. The average Bonchev–Trinajstić information content (AvgIpc) is 3.21. The van der Waals surface area contributed by atoms with E-state index in [4.69, 9.17) is 0 Å². The maximum Gasteiger partial charge on any atom is 0.317 e. The molecule has 1 atom stereocenters. The summed E-state index contributed by atoms with van der Waals surface area (Å²) < 4.78 is 0. The second-order valence-electron chi connectivity index (χ2n) is 12.9. The minimum absolute atomic E-state index is 0.0473. The topological polar surface area (TPSA) is 119 Å². The quantitative estimate of drug-likeness (QED) is 0.518. The molecule has 10 nitrogen and oxygen atoms in total. The summed E-state index contributed by atoms with van der Waals surface area (Å²) in [5.41, 5.74) is 6.35. The largest absolute Gasteiger partial charge is 0.370 e. The van der Waals surface area contributed by atoms with Crippen LogP contribution in [0.25, 0.3) is 0 Å². The number of hydrogen-bond acceptors (Lipinski definition) is 6. The Morgan fingerprint density at radius 1 is 1.05 bits per heavy atom. The van der Waals surface area contributed by atoms with Gasteiger partial charge in [-0.25, -0.2) is 4.79 Å². The summed E-state index contributed by atoms with van der Waals surface area (Å²) in [5.74, 6) is -1.56. The van der Waals surface area contributed by atoms with Gasteiger partial charge in [0, 0.05) is 44.6 Å². The zero-order valence-electron chi connectivity index (χ0n) is 25.3. The number of hydrogen-bond donors (Lipinski definition) is 2. The summed E-state index contributed by atoms with van der Waals surface area (Å²) in [5, 5.41) is 5.35. The minimum Gasteiger partial charge on any atom is -0.370 e. The van der Waals surface area contributed by atoms with E-state index in [1.54, 1.807) is 12.1 Å². The summed E-state index contributed by atoms with van der Waals surface area (Å²) in [4.78, 5) is 68.8. The van der Waals surface area contributed by atoms with E-state index < -0.39 is 29.7 Å². The molecule has 4 heterocycles. The number of urea groups is 1. The number of amides is 6. The zero-order valence-corrected chi connectivity index (χ0v) is 25.3. The predicted octanol–water partition coefficient (Wildman–Crippen LogP) is 3.64. The van der Waals surface area contributed by atoms with Crippen LogP contribution in [-0.4, -0.2) is 71.7 Å². The molecule has 3 fully saturated rings. The van der Waals surface area contributed by atoms with Crippen LogP contribution in [0.1, 0.15) is 88.4 Å². The lowest BCUT2D eigenvalue weighted by Gasteiger charge is -2.55. The van der Waals surface area contributed by atoms with Gasteiger partial charge in [-0.1, -0.05) is 32.0 Å². The average molecular weight is 586 g/mol. The number of rotatable bonds is 5. The van der Waals surface area contributed by atoms with Crippen molar-refractivity contribution in [2.75, 3.05) is 31.1 Å². The maximum absolute atomic E-state index is 13.5. The fourth-order valence-electron chi connectivity index (χ4n) is 7.15. The lowest BCUT2D eigenvalue weighted by Crippen LogP contribution is -2.61. The number of likely N-dealkylation sites (tertiary alicyclic amines) is 1. The molecule has 2 aromatic rings. The molecule has 4 aliphatic heterocycles. The maximum atomic E-state index is 13.5. The second-order valence-corrected chi connectivity index (χ2v) is 12.9. The van der Waals surface area contributed by atoms with Crippen LogP contribution in [0.4, 0.5) is 10.5 Å². The SMILES string of the molecule is Cc1cc(CNC(=O)N2CCC3(CC2)CN(c2cccc4c2C(=O)N(C2CCC(=O)NC2=O)C4=O)C3)cc(C(C)C)c1C. The van der Waals surface area contributed by atoms with Crippen molar-refractivity contribution in [3.8, 4) is 0 Å². The van der Waals surface area contributed by atoms with E-state index >= 15 is 0 Å². The van der Waals surface area contributed by atoms with Gasteiger partial charge in [-0.05, 0) is 73.4 Å². The van der Waals surface area contributed by atoms with Crippen molar-refractivity contribution < 1.29 is 24.0 Å². The molecular weight excluding hydrogens is 546 g/mol. The Labute approximate surface area is 251 Å². The molecule has 6 amide bonds. The summed E-state index contributed by atoms with van der Waals surface area (Å²) in [6.45, 7) is 11.9. The molecular formula is C33H39N5O5. The van der Waals surface area contributed by atoms with Crippen molar-refractivity contribution >= 4 is 35.3 Å². The van der Waals surface area contributed by atoms with E-state index in [0.29, 0.717) is 42.4 Å². The molecule has 1 unspecified atom stereocenters. The third-order valence-electron chi connectivity index (χ3n) is 9.78. The van der Waals surface area contributed by atoms with Gasteiger partial charge in [0.15, 0.2) is 0 Å². The van der Waals surface area contributed by atoms with Crippen LogP contribution in [0.15, 0.2) is 30.3 Å². The highest BCUT2D eigenvalue weighted by Crippen LogP contribution is 2.45. The van der Waals surface area contributed by atoms with Crippen molar-refractivity contribution in [1.29, 1.82) is 0 Å². The van der Waals surface area contributed by atoms with Crippen molar-refractivity contribution in [2.45, 2.75) is 71.9 Å². The Morgan fingerprint density at radius 2 is 1.77 bits per heavy atom. The second kappa shape index (κ2) is 10.8. The van der Waals surface area contributed by atoms with Gasteiger partial charge < -0.3 is 15.1 Å². The molecule has 10 heteroatoms. The standard InChI is InChI=1S/C33H39N5O5/c1-19(2)24-15-22(14-20(3)21(24)4)16-34-32(43)36-12-10-33(11-13-36)17-37(18-33)25-7-5-6-23-28(25)31(42)38(30(23)41)26-8-9-27(39)35-29(26)40/h5-7,14-15,19,26H,8-13,16-18H2,1-4H3,(H,34,43)(H,35,39,40). The molecule has 0 radical (unpaired) electrons. The van der Waals surface area contributed by atoms with Crippen molar-refractivity contribution in [3.05, 3.63) is 63.7 Å². The third-order valence-corrected chi connectivity index (χ3v) is 9.78. The van der Waals surface area contributed by atoms with E-state index in [0.717, 1.165) is 36.4 Å². The number of nitrogens with zero attached hydrogens (tertiary/aromatic N) is 3. The van der Waals surface area contributed by atoms with Gasteiger partial charge in [0.1, 0.15) is 6.04 Å². The van der Waals surface area contributed by atoms with Gasteiger partial charge >= 0.3 is 6.03 Å². The van der Waals surface area contributed by atoms with E-state index in [9.17, 15) is 24.0 Å². The van der Waals surface area contributed by atoms with Gasteiger partial charge in [0.05, 0.1) is 16.8 Å². The van der Waals surface area contributed by atoms with Crippen LogP contribution in [0.2, 0.25) is 0 Å². The van der Waals surface area contributed by atoms with Gasteiger partial charge in [0.25, 0.3) is 11.8 Å². The van der Waals surface area contributed by atoms with Crippen LogP contribution >= 0.6 is 0 Å². The van der Waals surface area contributed by atoms with Crippen molar-refractivity contribution in [1.82, 2.24) is 20.4 Å². The molecule has 1 spiro atoms. The predicted molar refractivity (Wildman–Crippen MR) is 161 cm³/mol. The van der Waals surface area contributed by atoms with Gasteiger partial charge in [-0.2, -0.15) is 0 Å². The van der Waals surface area contributed by atoms with Crippen LogP contribution in [0.5, 0.6) is 0 Å². The highest BCUT2D eigenvalue weighted by atomic mass is 16.2. The highest BCUT2D eigenvalue weighted by molar-refractivity contribution is 6.25. The first-order valence-electron chi connectivity index (χ1n) is 15.2. The summed E-state index contributed by atoms with van der Waals surface area (Å²) in [7, 11) is 0. The minimum atomic E-state index is -0.983. The summed E-state index contributed by atoms with van der Waals surface area (Å²) in [6, 6.07) is 8.56. The Bertz CT molecular complexity index is 1530. The molecule has 6 rings (SSSR count). The summed E-state index contributed by atoms with van der Waals surface area (Å²) in [6.07, 6.45) is 1.95. The number of carbonyl (C=O) groups is 5. The molecule has 3 saturated heterocycles. The fraction of sp³-hybridized carbons (Fsp3) is 0.485. The lowest BCUT2D eigenvalue weighted by atomic mass is 9.71. The van der Waals surface area contributed by atoms with Crippen LogP contribution in [0.3, 0.4) is 0 Å². The Hall–Kier alpha value is -4.21. The Balaban J connectivity index is 1.06. The monoisotopic (exact) mass is 585 g/mol. The van der Waals surface area contributed by atoms with Crippen LogP contribution < -0.4 is 15.5 Å². The zero-order chi connectivity index (χ0) is 30.6. The first kappa shape index (κ1) is 28.9. The molecule has 0 aromatic heterocycles. The number of aryl methyl sites for hydroxylation is 1. The number of anilines is 1. The molecule has 0 bridgehead atoms. The highest BCUT2D eigenvalue weighted by Gasteiger charge is 2.50. The number of imide groups is 2. The first-order chi connectivity index (χ1) is 20.5. The van der Waals surface area contributed by atoms with E-state index in [-0.39, 0.29) is 24.3 Å². The van der Waals surface area contributed by atoms with E-state index in [2.05, 4.69) is 55.4 Å². The molecule has 4 aliphatic rings. The number of fused-ring (bicyclic) bond motifs is 1. The van der Waals surface area contributed by atoms with Crippen LogP contribution in [0, 0.1) is 19.3 Å². The number of benzene rings is 2. The fourth-order valence-corrected chi connectivity index (χ4v) is 7.15. The molecule has 0 aliphatic carbocycles. The third kappa shape index (κ3) is 5.06. The number of carbonyl (C=O) groups excluding carboxylic acids is 5. The molecule has 43 heavy (non-hydrogen) atoms. The number of nitrogens with one attached hydrogen (secondary N) is 2. The normalized spacial score (nSPS) is 21.3. The van der Waals surface area contributed by atoms with E-state index in [1.807, 2.05) is 11.0 Å². The van der Waals surface area contributed by atoms with Crippen LogP contribution in [-0.2, 0) is 16.1 Å². The van der Waals surface area contributed by atoms with E-state index in [1.165, 1.54) is 16.7 Å². The Kier molecular flexibility index (Phi) is 7.26. The van der Waals surface area contributed by atoms with Gasteiger partial charge in [-0.15, -0.1) is 0 Å². The van der Waals surface area contributed by atoms with Crippen molar-refractivity contribution in [2.24, 2.45) is 5.41 Å².